The van der Waals surface area contributed by atoms with Crippen LogP contribution >= 0.6 is 11.5 Å². The Balaban J connectivity index is 1.44. The third-order valence-electron chi connectivity index (χ3n) is 5.46. The summed E-state index contributed by atoms with van der Waals surface area (Å²) in [5, 5.41) is 10.8. The minimum Gasteiger partial charge on any atom is -0.407 e. The molecule has 3 heterocycles. The van der Waals surface area contributed by atoms with Gasteiger partial charge in [-0.2, -0.15) is 4.37 Å². The molecule has 0 aliphatic carbocycles. The topological polar surface area (TPSA) is 78.8 Å². The number of hydrogen-bond donors (Lipinski definition) is 1. The molecule has 1 aromatic heterocycles. The van der Waals surface area contributed by atoms with Crippen LogP contribution in [0.3, 0.4) is 0 Å². The van der Waals surface area contributed by atoms with E-state index in [0.717, 1.165) is 35.1 Å². The average Bonchev–Trinajstić information content (AvgIpc) is 3.45. The number of ether oxygens (including phenoxy) is 1. The number of carbonyl (C=O) groups excluding carboxylic acids is 1. The summed E-state index contributed by atoms with van der Waals surface area (Å²) >= 11 is 1.15. The number of carbonyl (C=O) groups is 1. The third kappa shape index (κ3) is 3.20. The van der Waals surface area contributed by atoms with Crippen molar-refractivity contribution in [2.75, 3.05) is 25.0 Å². The summed E-state index contributed by atoms with van der Waals surface area (Å²) in [6.45, 7) is 2.16. The van der Waals surface area contributed by atoms with E-state index in [9.17, 15) is 14.3 Å². The first-order chi connectivity index (χ1) is 14.5. The van der Waals surface area contributed by atoms with Crippen molar-refractivity contribution in [2.45, 2.75) is 19.1 Å². The first kappa shape index (κ1) is 19.0. The monoisotopic (exact) mass is 426 g/mol. The van der Waals surface area contributed by atoms with Gasteiger partial charge in [-0.25, -0.2) is 14.2 Å². The van der Waals surface area contributed by atoms with Crippen LogP contribution in [-0.2, 0) is 0 Å². The number of halogens is 1. The summed E-state index contributed by atoms with van der Waals surface area (Å²) in [6, 6.07) is 10.9. The maximum absolute atomic E-state index is 14.6. The Morgan fingerprint density at radius 2 is 1.90 bits per heavy atom. The molecular weight excluding hydrogens is 407 g/mol. The van der Waals surface area contributed by atoms with Crippen LogP contribution in [0.25, 0.3) is 22.0 Å². The molecule has 7 nitrogen and oxygen atoms in total. The number of rotatable bonds is 3. The zero-order chi connectivity index (χ0) is 20.8. The van der Waals surface area contributed by atoms with Crippen LogP contribution in [0.1, 0.15) is 24.6 Å². The van der Waals surface area contributed by atoms with Crippen LogP contribution in [0.2, 0.25) is 0 Å². The van der Waals surface area contributed by atoms with Crippen LogP contribution in [0.15, 0.2) is 36.4 Å². The Hall–Kier alpha value is -3.04. The Kier molecular flexibility index (Phi) is 4.63. The maximum atomic E-state index is 14.6. The van der Waals surface area contributed by atoms with E-state index in [-0.39, 0.29) is 11.3 Å². The second-order valence-electron chi connectivity index (χ2n) is 7.39. The normalized spacial score (nSPS) is 18.5. The van der Waals surface area contributed by atoms with E-state index >= 15 is 0 Å². The van der Waals surface area contributed by atoms with E-state index in [2.05, 4.69) is 26.4 Å². The summed E-state index contributed by atoms with van der Waals surface area (Å²) in [5.74, 6) is -0.420. The smallest absolute Gasteiger partial charge is 0.407 e. The highest BCUT2D eigenvalue weighted by Gasteiger charge is 2.33. The molecule has 2 aliphatic heterocycles. The van der Waals surface area contributed by atoms with Gasteiger partial charge in [0.15, 0.2) is 23.6 Å². The second kappa shape index (κ2) is 7.33. The molecule has 1 fully saturated rings. The van der Waals surface area contributed by atoms with Crippen molar-refractivity contribution in [3.8, 4) is 27.7 Å². The van der Waals surface area contributed by atoms with Crippen LogP contribution in [0.5, 0.6) is 5.75 Å². The SMILES string of the molecule is CN1C(=O)Oc2c(F)cc(-c3nc(-c4ccc(N5CCCC5)cc4)ns3)cc2C1O. The van der Waals surface area contributed by atoms with Crippen molar-refractivity contribution in [1.29, 1.82) is 0 Å². The molecule has 0 saturated carbocycles. The maximum Gasteiger partial charge on any atom is 0.417 e. The van der Waals surface area contributed by atoms with Gasteiger partial charge in [0, 0.05) is 42.5 Å². The van der Waals surface area contributed by atoms with Gasteiger partial charge in [-0.05, 0) is 60.8 Å². The Morgan fingerprint density at radius 3 is 2.63 bits per heavy atom. The Morgan fingerprint density at radius 1 is 1.17 bits per heavy atom. The second-order valence-corrected chi connectivity index (χ2v) is 8.14. The van der Waals surface area contributed by atoms with Crippen LogP contribution in [0.4, 0.5) is 14.9 Å². The van der Waals surface area contributed by atoms with Gasteiger partial charge < -0.3 is 14.7 Å². The highest BCUT2D eigenvalue weighted by atomic mass is 32.1. The van der Waals surface area contributed by atoms with Gasteiger partial charge in [-0.3, -0.25) is 4.90 Å². The molecule has 1 N–H and O–H groups in total. The van der Waals surface area contributed by atoms with Gasteiger partial charge in [0.05, 0.1) is 0 Å². The van der Waals surface area contributed by atoms with Crippen molar-refractivity contribution in [3.63, 3.8) is 0 Å². The molecule has 1 amide bonds. The fourth-order valence-corrected chi connectivity index (χ4v) is 4.43. The van der Waals surface area contributed by atoms with Crippen LogP contribution in [-0.4, -0.2) is 45.6 Å². The molecule has 2 aromatic carbocycles. The lowest BCUT2D eigenvalue weighted by molar-refractivity contribution is 0.0135. The van der Waals surface area contributed by atoms with Gasteiger partial charge >= 0.3 is 6.09 Å². The molecule has 9 heteroatoms. The molecule has 0 radical (unpaired) electrons. The molecule has 30 heavy (non-hydrogen) atoms. The number of aromatic nitrogens is 2. The van der Waals surface area contributed by atoms with E-state index in [1.165, 1.54) is 31.6 Å². The quantitative estimate of drug-likeness (QED) is 0.681. The van der Waals surface area contributed by atoms with Gasteiger partial charge in [-0.15, -0.1) is 0 Å². The fraction of sp³-hybridized carbons (Fsp3) is 0.286. The van der Waals surface area contributed by atoms with Gasteiger partial charge in [0.25, 0.3) is 0 Å². The lowest BCUT2D eigenvalue weighted by Gasteiger charge is -2.30. The van der Waals surface area contributed by atoms with Crippen molar-refractivity contribution in [2.24, 2.45) is 0 Å². The zero-order valence-electron chi connectivity index (χ0n) is 16.2. The predicted molar refractivity (Wildman–Crippen MR) is 111 cm³/mol. The van der Waals surface area contributed by atoms with Gasteiger partial charge in [-0.1, -0.05) is 0 Å². The Bertz CT molecular complexity index is 1110. The third-order valence-corrected chi connectivity index (χ3v) is 6.23. The zero-order valence-corrected chi connectivity index (χ0v) is 17.0. The van der Waals surface area contributed by atoms with Crippen molar-refractivity contribution >= 4 is 23.3 Å². The van der Waals surface area contributed by atoms with Gasteiger partial charge in [0.1, 0.15) is 5.01 Å². The molecule has 5 rings (SSSR count). The van der Waals surface area contributed by atoms with Crippen molar-refractivity contribution in [3.05, 3.63) is 47.8 Å². The summed E-state index contributed by atoms with van der Waals surface area (Å²) < 4.78 is 24.0. The summed E-state index contributed by atoms with van der Waals surface area (Å²) in [4.78, 5) is 19.6. The average molecular weight is 426 g/mol. The first-order valence-corrected chi connectivity index (χ1v) is 10.4. The van der Waals surface area contributed by atoms with E-state index < -0.39 is 18.1 Å². The molecule has 154 valence electrons. The number of benzene rings is 2. The number of nitrogens with zero attached hydrogens (tertiary/aromatic N) is 4. The van der Waals surface area contributed by atoms with Crippen LogP contribution in [0, 0.1) is 5.82 Å². The number of aliphatic hydroxyl groups excluding tert-OH is 1. The molecule has 2 aliphatic rings. The fourth-order valence-electron chi connectivity index (χ4n) is 3.76. The summed E-state index contributed by atoms with van der Waals surface area (Å²) in [6.07, 6.45) is 0.345. The molecule has 0 bridgehead atoms. The summed E-state index contributed by atoms with van der Waals surface area (Å²) in [5.41, 5.74) is 2.72. The highest BCUT2D eigenvalue weighted by Crippen LogP contribution is 2.39. The van der Waals surface area contributed by atoms with Crippen LogP contribution < -0.4 is 9.64 Å². The molecule has 0 spiro atoms. The minimum atomic E-state index is -1.29. The highest BCUT2D eigenvalue weighted by molar-refractivity contribution is 7.09. The van der Waals surface area contributed by atoms with E-state index in [0.29, 0.717) is 16.4 Å². The Labute approximate surface area is 176 Å². The van der Waals surface area contributed by atoms with E-state index in [1.54, 1.807) is 6.07 Å². The van der Waals surface area contributed by atoms with Gasteiger partial charge in [0.2, 0.25) is 0 Å². The number of anilines is 1. The van der Waals surface area contributed by atoms with Crippen molar-refractivity contribution < 1.29 is 19.0 Å². The molecule has 1 atom stereocenters. The predicted octanol–water partition coefficient (Wildman–Crippen LogP) is 4.05. The molecule has 3 aromatic rings. The summed E-state index contributed by atoms with van der Waals surface area (Å²) in [7, 11) is 1.38. The first-order valence-electron chi connectivity index (χ1n) is 9.67. The van der Waals surface area contributed by atoms with E-state index in [4.69, 9.17) is 4.74 Å². The number of hydrogen-bond acceptors (Lipinski definition) is 7. The van der Waals surface area contributed by atoms with Crippen molar-refractivity contribution in [1.82, 2.24) is 14.3 Å². The standard InChI is InChI=1S/C21H19FN4O3S/c1-25-20(27)15-10-13(11-16(22)17(15)29-21(25)28)19-23-18(24-30-19)12-4-6-14(7-5-12)26-8-2-3-9-26/h4-7,10-11,20,27H,2-3,8-9H2,1H3. The molecular formula is C21H19FN4O3S. The number of amides is 1. The van der Waals surface area contributed by atoms with E-state index in [1.807, 2.05) is 12.1 Å². The largest absolute Gasteiger partial charge is 0.417 e. The molecule has 1 saturated heterocycles. The number of aliphatic hydroxyl groups is 1. The molecule has 1 unspecified atom stereocenters. The lowest BCUT2D eigenvalue weighted by atomic mass is 10.1. The minimum absolute atomic E-state index is 0.179. The lowest BCUT2D eigenvalue weighted by Crippen LogP contribution is -2.38. The number of fused-ring (bicyclic) bond motifs is 1.